The summed E-state index contributed by atoms with van der Waals surface area (Å²) in [6, 6.07) is 2.14. The summed E-state index contributed by atoms with van der Waals surface area (Å²) in [6.45, 7) is 6.50. The van der Waals surface area contributed by atoms with E-state index in [4.69, 9.17) is 9.47 Å². The highest BCUT2D eigenvalue weighted by atomic mass is 16.6. The standard InChI is InChI=1S/C15H22N2O4/c1-13(2,3)21-12(19)17-7-5-14(6-8-17)9-15(14,10-16)11(18)20-4/h5-9H2,1-4H3/t15-/m0/s1. The quantitative estimate of drug-likeness (QED) is 0.692. The van der Waals surface area contributed by atoms with Gasteiger partial charge < -0.3 is 14.4 Å². The third-order valence-electron chi connectivity index (χ3n) is 4.48. The maximum absolute atomic E-state index is 12.0. The maximum Gasteiger partial charge on any atom is 0.410 e. The summed E-state index contributed by atoms with van der Waals surface area (Å²) < 4.78 is 10.1. The van der Waals surface area contributed by atoms with Gasteiger partial charge in [0.15, 0.2) is 5.41 Å². The molecule has 0 aromatic heterocycles. The number of likely N-dealkylation sites (tertiary alicyclic amines) is 1. The van der Waals surface area contributed by atoms with Gasteiger partial charge in [0.2, 0.25) is 0 Å². The molecule has 1 saturated heterocycles. The number of nitriles is 1. The Balaban J connectivity index is 1.98. The number of rotatable bonds is 1. The molecule has 1 saturated carbocycles. The first-order chi connectivity index (χ1) is 9.70. The summed E-state index contributed by atoms with van der Waals surface area (Å²) in [5, 5.41) is 9.35. The van der Waals surface area contributed by atoms with E-state index in [0.717, 1.165) is 0 Å². The van der Waals surface area contributed by atoms with Crippen molar-refractivity contribution in [3.63, 3.8) is 0 Å². The fraction of sp³-hybridized carbons (Fsp3) is 0.800. The molecule has 1 atom stereocenters. The maximum atomic E-state index is 12.0. The molecule has 1 aliphatic heterocycles. The smallest absolute Gasteiger partial charge is 0.410 e. The van der Waals surface area contributed by atoms with Crippen LogP contribution in [0.4, 0.5) is 4.79 Å². The number of hydrogen-bond donors (Lipinski definition) is 0. The van der Waals surface area contributed by atoms with Crippen LogP contribution in [0.5, 0.6) is 0 Å². The molecule has 0 unspecified atom stereocenters. The lowest BCUT2D eigenvalue weighted by atomic mass is 9.85. The molecule has 1 heterocycles. The lowest BCUT2D eigenvalue weighted by Gasteiger charge is -2.34. The Morgan fingerprint density at radius 2 is 1.81 bits per heavy atom. The number of ether oxygens (including phenoxy) is 2. The van der Waals surface area contributed by atoms with Gasteiger partial charge in [0.1, 0.15) is 5.60 Å². The molecule has 2 rings (SSSR count). The number of piperidine rings is 1. The van der Waals surface area contributed by atoms with Crippen molar-refractivity contribution >= 4 is 12.1 Å². The van der Waals surface area contributed by atoms with Crippen molar-refractivity contribution in [2.24, 2.45) is 10.8 Å². The lowest BCUT2D eigenvalue weighted by molar-refractivity contribution is -0.146. The molecule has 6 heteroatoms. The Kier molecular flexibility index (Phi) is 3.64. The van der Waals surface area contributed by atoms with E-state index >= 15 is 0 Å². The molecule has 0 radical (unpaired) electrons. The zero-order chi connectivity index (χ0) is 15.9. The average molecular weight is 294 g/mol. The van der Waals surface area contributed by atoms with Gasteiger partial charge in [-0.1, -0.05) is 0 Å². The Morgan fingerprint density at radius 1 is 1.24 bits per heavy atom. The summed E-state index contributed by atoms with van der Waals surface area (Å²) >= 11 is 0. The highest BCUT2D eigenvalue weighted by Gasteiger charge is 2.73. The van der Waals surface area contributed by atoms with Crippen LogP contribution in [0.2, 0.25) is 0 Å². The Labute approximate surface area is 125 Å². The molecule has 1 aliphatic carbocycles. The van der Waals surface area contributed by atoms with Crippen LogP contribution in [0.15, 0.2) is 0 Å². The molecule has 0 N–H and O–H groups in total. The van der Waals surface area contributed by atoms with Gasteiger partial charge in [0, 0.05) is 18.5 Å². The fourth-order valence-electron chi connectivity index (χ4n) is 3.18. The van der Waals surface area contributed by atoms with Gasteiger partial charge in [0.25, 0.3) is 0 Å². The third kappa shape index (κ3) is 2.57. The molecule has 2 fully saturated rings. The first kappa shape index (κ1) is 15.6. The van der Waals surface area contributed by atoms with Crippen molar-refractivity contribution in [3.8, 4) is 6.07 Å². The number of hydrogen-bond acceptors (Lipinski definition) is 5. The minimum Gasteiger partial charge on any atom is -0.468 e. The zero-order valence-corrected chi connectivity index (χ0v) is 13.1. The van der Waals surface area contributed by atoms with Crippen LogP contribution >= 0.6 is 0 Å². The summed E-state index contributed by atoms with van der Waals surface area (Å²) in [4.78, 5) is 25.5. The number of esters is 1. The van der Waals surface area contributed by atoms with Crippen molar-refractivity contribution in [1.29, 1.82) is 5.26 Å². The minimum atomic E-state index is -1.01. The third-order valence-corrected chi connectivity index (χ3v) is 4.48. The monoisotopic (exact) mass is 294 g/mol. The summed E-state index contributed by atoms with van der Waals surface area (Å²) in [6.07, 6.45) is 1.47. The first-order valence-electron chi connectivity index (χ1n) is 7.17. The summed E-state index contributed by atoms with van der Waals surface area (Å²) in [7, 11) is 1.31. The zero-order valence-electron chi connectivity index (χ0n) is 13.1. The van der Waals surface area contributed by atoms with E-state index in [0.29, 0.717) is 32.4 Å². The lowest BCUT2D eigenvalue weighted by Crippen LogP contribution is -2.43. The molecule has 116 valence electrons. The largest absolute Gasteiger partial charge is 0.468 e. The predicted molar refractivity (Wildman–Crippen MR) is 74.2 cm³/mol. The van der Waals surface area contributed by atoms with E-state index in [1.165, 1.54) is 7.11 Å². The topological polar surface area (TPSA) is 79.6 Å². The Bertz CT molecular complexity index is 495. The second-order valence-corrected chi connectivity index (χ2v) is 6.93. The SMILES string of the molecule is COC(=O)[C@@]1(C#N)CC12CCN(C(=O)OC(C)(C)C)CC2. The van der Waals surface area contributed by atoms with E-state index in [1.807, 2.05) is 20.8 Å². The molecule has 21 heavy (non-hydrogen) atoms. The van der Waals surface area contributed by atoms with Crippen LogP contribution in [0, 0.1) is 22.2 Å². The van der Waals surface area contributed by atoms with Crippen molar-refractivity contribution in [1.82, 2.24) is 4.90 Å². The van der Waals surface area contributed by atoms with Crippen molar-refractivity contribution in [3.05, 3.63) is 0 Å². The molecule has 0 aromatic rings. The number of carbonyl (C=O) groups excluding carboxylic acids is 2. The number of amides is 1. The van der Waals surface area contributed by atoms with E-state index in [-0.39, 0.29) is 11.5 Å². The molecule has 0 aromatic carbocycles. The van der Waals surface area contributed by atoms with Crippen molar-refractivity contribution in [2.45, 2.75) is 45.6 Å². The Morgan fingerprint density at radius 3 is 2.24 bits per heavy atom. The number of methoxy groups -OCH3 is 1. The van der Waals surface area contributed by atoms with E-state index < -0.39 is 17.0 Å². The first-order valence-corrected chi connectivity index (χ1v) is 7.17. The van der Waals surface area contributed by atoms with E-state index in [9.17, 15) is 14.9 Å². The molecular formula is C15H22N2O4. The molecule has 2 aliphatic rings. The van der Waals surface area contributed by atoms with E-state index in [2.05, 4.69) is 6.07 Å². The molecule has 1 amide bonds. The van der Waals surface area contributed by atoms with Crippen LogP contribution in [-0.2, 0) is 14.3 Å². The van der Waals surface area contributed by atoms with Gasteiger partial charge in [-0.3, -0.25) is 4.79 Å². The van der Waals surface area contributed by atoms with Crippen LogP contribution < -0.4 is 0 Å². The van der Waals surface area contributed by atoms with Gasteiger partial charge in [-0.05, 0) is 40.0 Å². The van der Waals surface area contributed by atoms with Crippen molar-refractivity contribution in [2.75, 3.05) is 20.2 Å². The highest BCUT2D eigenvalue weighted by molar-refractivity contribution is 5.85. The number of carbonyl (C=O) groups is 2. The van der Waals surface area contributed by atoms with Crippen LogP contribution in [0.1, 0.15) is 40.0 Å². The second kappa shape index (κ2) is 4.90. The predicted octanol–water partition coefficient (Wildman–Crippen LogP) is 2.09. The van der Waals surface area contributed by atoms with Crippen LogP contribution in [0.25, 0.3) is 0 Å². The van der Waals surface area contributed by atoms with E-state index in [1.54, 1.807) is 4.90 Å². The summed E-state index contributed by atoms with van der Waals surface area (Å²) in [5.74, 6) is -0.448. The summed E-state index contributed by atoms with van der Waals surface area (Å²) in [5.41, 5.74) is -1.86. The van der Waals surface area contributed by atoms with Gasteiger partial charge in [-0.15, -0.1) is 0 Å². The molecular weight excluding hydrogens is 272 g/mol. The molecule has 0 bridgehead atoms. The molecule has 1 spiro atoms. The second-order valence-electron chi connectivity index (χ2n) is 6.93. The highest BCUT2D eigenvalue weighted by Crippen LogP contribution is 2.69. The van der Waals surface area contributed by atoms with Gasteiger partial charge in [0.05, 0.1) is 13.2 Å². The van der Waals surface area contributed by atoms with Crippen LogP contribution in [-0.4, -0.2) is 42.8 Å². The average Bonchev–Trinajstić information content (AvgIpc) is 3.05. The normalized spacial score (nSPS) is 26.9. The fourth-order valence-corrected chi connectivity index (χ4v) is 3.18. The van der Waals surface area contributed by atoms with Crippen molar-refractivity contribution < 1.29 is 19.1 Å². The number of nitrogens with zero attached hydrogens (tertiary/aromatic N) is 2. The Hall–Kier alpha value is -1.77. The minimum absolute atomic E-state index is 0.326. The van der Waals surface area contributed by atoms with Gasteiger partial charge in [-0.25, -0.2) is 4.79 Å². The van der Waals surface area contributed by atoms with Gasteiger partial charge in [-0.2, -0.15) is 5.26 Å². The van der Waals surface area contributed by atoms with Crippen LogP contribution in [0.3, 0.4) is 0 Å². The molecule has 6 nitrogen and oxygen atoms in total. The van der Waals surface area contributed by atoms with Gasteiger partial charge >= 0.3 is 12.1 Å².